The lowest BCUT2D eigenvalue weighted by atomic mass is 10.1. The van der Waals surface area contributed by atoms with Gasteiger partial charge in [0.15, 0.2) is 27.7 Å². The van der Waals surface area contributed by atoms with Crippen molar-refractivity contribution in [2.24, 2.45) is 0 Å². The van der Waals surface area contributed by atoms with Gasteiger partial charge in [-0.25, -0.2) is 17.6 Å². The molecule has 27 heavy (non-hydrogen) atoms. The van der Waals surface area contributed by atoms with Crippen molar-refractivity contribution in [3.8, 4) is 0 Å². The van der Waals surface area contributed by atoms with E-state index in [4.69, 9.17) is 19.3 Å². The molecule has 14 heteroatoms. The van der Waals surface area contributed by atoms with E-state index in [0.717, 1.165) is 16.8 Å². The number of rotatable bonds is 8. The predicted octanol–water partition coefficient (Wildman–Crippen LogP) is -0.883. The predicted molar refractivity (Wildman–Crippen MR) is 90.9 cm³/mol. The molecule has 0 bridgehead atoms. The lowest BCUT2D eigenvalue weighted by molar-refractivity contribution is -0.0380. The van der Waals surface area contributed by atoms with Crippen LogP contribution in [0.15, 0.2) is 21.9 Å². The van der Waals surface area contributed by atoms with Gasteiger partial charge in [0.05, 0.1) is 11.9 Å². The lowest BCUT2D eigenvalue weighted by Gasteiger charge is -2.18. The van der Waals surface area contributed by atoms with Crippen LogP contribution in [0.5, 0.6) is 0 Å². The highest BCUT2D eigenvalue weighted by atomic mass is 32.2. The minimum absolute atomic E-state index is 0.0907. The van der Waals surface area contributed by atoms with Crippen LogP contribution in [0.25, 0.3) is 0 Å². The Bertz CT molecular complexity index is 924. The monoisotopic (exact) mass is 430 g/mol. The number of alkyl halides is 1. The molecule has 1 fully saturated rings. The van der Waals surface area contributed by atoms with Gasteiger partial charge in [0.2, 0.25) is 0 Å². The Morgan fingerprint density at radius 3 is 2.63 bits per heavy atom. The van der Waals surface area contributed by atoms with Gasteiger partial charge in [-0.3, -0.25) is 18.9 Å². The van der Waals surface area contributed by atoms with Crippen molar-refractivity contribution in [3.05, 3.63) is 33.1 Å². The van der Waals surface area contributed by atoms with Crippen molar-refractivity contribution in [1.82, 2.24) is 9.55 Å². The summed E-state index contributed by atoms with van der Waals surface area (Å²) in [6.45, 7) is 1.68. The average molecular weight is 430 g/mol. The van der Waals surface area contributed by atoms with Gasteiger partial charge in [-0.1, -0.05) is 0 Å². The number of nitrogens with zero attached hydrogens (tertiary/aromatic N) is 1. The molecular weight excluding hydrogens is 410 g/mol. The molecule has 0 amide bonds. The van der Waals surface area contributed by atoms with Crippen molar-refractivity contribution in [2.75, 3.05) is 17.9 Å². The number of hydrogen-bond donors (Lipinski definition) is 3. The molecule has 1 aromatic heterocycles. The molecule has 0 spiro atoms. The van der Waals surface area contributed by atoms with E-state index in [1.807, 2.05) is 4.98 Å². The summed E-state index contributed by atoms with van der Waals surface area (Å²) >= 11 is 0. The van der Waals surface area contributed by atoms with Gasteiger partial charge in [-0.15, -0.1) is 0 Å². The average Bonchev–Trinajstić information content (AvgIpc) is 2.80. The Morgan fingerprint density at radius 1 is 1.41 bits per heavy atom. The van der Waals surface area contributed by atoms with Crippen molar-refractivity contribution < 1.29 is 36.6 Å². The molecule has 11 nitrogen and oxygen atoms in total. The first kappa shape index (κ1) is 21.9. The second-order valence-electron chi connectivity index (χ2n) is 5.98. The number of aromatic nitrogens is 2. The van der Waals surface area contributed by atoms with E-state index >= 15 is 0 Å². The van der Waals surface area contributed by atoms with E-state index in [2.05, 4.69) is 0 Å². The van der Waals surface area contributed by atoms with Crippen LogP contribution in [-0.2, 0) is 23.9 Å². The first-order valence-corrected chi connectivity index (χ1v) is 11.5. The van der Waals surface area contributed by atoms with E-state index in [0.29, 0.717) is 0 Å². The minimum atomic E-state index is -4.77. The van der Waals surface area contributed by atoms with Crippen LogP contribution < -0.4 is 11.2 Å². The highest BCUT2D eigenvalue weighted by Gasteiger charge is 2.47. The van der Waals surface area contributed by atoms with E-state index in [-0.39, 0.29) is 13.0 Å². The number of sulfone groups is 1. The summed E-state index contributed by atoms with van der Waals surface area (Å²) in [7, 11) is -8.89. The van der Waals surface area contributed by atoms with Crippen LogP contribution >= 0.6 is 7.60 Å². The summed E-state index contributed by atoms with van der Waals surface area (Å²) < 4.78 is 60.8. The van der Waals surface area contributed by atoms with Gasteiger partial charge in [-0.2, -0.15) is 0 Å². The number of H-pyrrole nitrogens is 1. The maximum absolute atomic E-state index is 14.8. The molecule has 0 aromatic carbocycles. The Balaban J connectivity index is 2.19. The van der Waals surface area contributed by atoms with Gasteiger partial charge < -0.3 is 19.3 Å². The fourth-order valence-corrected chi connectivity index (χ4v) is 5.94. The van der Waals surface area contributed by atoms with Gasteiger partial charge in [-0.05, 0) is 13.3 Å². The highest BCUT2D eigenvalue weighted by molar-refractivity contribution is 7.97. The summed E-state index contributed by atoms with van der Waals surface area (Å²) in [6, 6.07) is 1.00. The van der Waals surface area contributed by atoms with Gasteiger partial charge in [0.25, 0.3) is 5.56 Å². The van der Waals surface area contributed by atoms with Crippen LogP contribution in [0.1, 0.15) is 19.6 Å². The maximum Gasteiger partial charge on any atom is 0.340 e. The van der Waals surface area contributed by atoms with Crippen LogP contribution in [0.2, 0.25) is 0 Å². The van der Waals surface area contributed by atoms with E-state index in [1.165, 1.54) is 0 Å². The zero-order valence-corrected chi connectivity index (χ0v) is 15.9. The van der Waals surface area contributed by atoms with Gasteiger partial charge >= 0.3 is 13.3 Å². The summed E-state index contributed by atoms with van der Waals surface area (Å²) in [5, 5.41) is 0. The largest absolute Gasteiger partial charge is 0.373 e. The van der Waals surface area contributed by atoms with Crippen LogP contribution in [0, 0.1) is 0 Å². The van der Waals surface area contributed by atoms with Crippen molar-refractivity contribution in [3.63, 3.8) is 0 Å². The molecule has 1 saturated heterocycles. The fourth-order valence-electron chi connectivity index (χ4n) is 2.79. The van der Waals surface area contributed by atoms with Crippen LogP contribution in [0.4, 0.5) is 4.39 Å². The third-order valence-electron chi connectivity index (χ3n) is 3.83. The van der Waals surface area contributed by atoms with Crippen molar-refractivity contribution in [1.29, 1.82) is 0 Å². The molecule has 4 atom stereocenters. The Morgan fingerprint density at radius 2 is 2.07 bits per heavy atom. The Kier molecular flexibility index (Phi) is 6.77. The number of halogens is 1. The molecule has 1 unspecified atom stereocenters. The maximum atomic E-state index is 14.8. The molecule has 1 aromatic rings. The zero-order valence-electron chi connectivity index (χ0n) is 14.2. The number of nitrogens with one attached hydrogen (secondary N) is 1. The van der Waals surface area contributed by atoms with Crippen molar-refractivity contribution >= 4 is 17.4 Å². The fraction of sp³-hybridized carbons (Fsp3) is 0.692. The first-order chi connectivity index (χ1) is 12.4. The summed E-state index contributed by atoms with van der Waals surface area (Å²) in [4.78, 5) is 42.6. The lowest BCUT2D eigenvalue weighted by Crippen LogP contribution is -2.36. The van der Waals surface area contributed by atoms with E-state index in [9.17, 15) is 27.0 Å². The van der Waals surface area contributed by atoms with E-state index < -0.39 is 64.5 Å². The molecule has 2 heterocycles. The van der Waals surface area contributed by atoms with E-state index in [1.54, 1.807) is 6.92 Å². The molecule has 2 rings (SSSR count). The molecule has 1 aliphatic rings. The molecule has 154 valence electrons. The minimum Gasteiger partial charge on any atom is -0.373 e. The van der Waals surface area contributed by atoms with Crippen LogP contribution in [-0.4, -0.2) is 64.0 Å². The smallest absolute Gasteiger partial charge is 0.340 e. The quantitative estimate of drug-likeness (QED) is 0.444. The van der Waals surface area contributed by atoms with Crippen LogP contribution in [0.3, 0.4) is 0 Å². The third kappa shape index (κ3) is 5.80. The summed E-state index contributed by atoms with van der Waals surface area (Å²) in [6.07, 6.45) is -4.78. The number of aromatic amines is 1. The molecule has 3 N–H and O–H groups in total. The summed E-state index contributed by atoms with van der Waals surface area (Å²) in [5.41, 5.74) is -2.90. The second-order valence-corrected chi connectivity index (χ2v) is 10.2. The number of hydrogen-bond acceptors (Lipinski definition) is 7. The number of ether oxygens (including phenoxy) is 2. The zero-order chi connectivity index (χ0) is 20.4. The molecule has 0 aliphatic carbocycles. The van der Waals surface area contributed by atoms with Crippen molar-refractivity contribution in [2.45, 2.75) is 38.0 Å². The summed E-state index contributed by atoms with van der Waals surface area (Å²) in [5.74, 6) is -0.660. The third-order valence-corrected chi connectivity index (χ3v) is 7.61. The standard InChI is InChI=1S/C13H20FN2O9PS/c1-2-24-11-8(4-6-27(22,23)7-26(19,20)21)25-12(10(11)14)16-5-3-9(17)15-13(16)18/h3,5,8,10-12H,2,4,6-7H2,1H3,(H,15,17,18)(H2,19,20,21)/t8?,10-,11-,12-/m1/s1. The Hall–Kier alpha value is -1.37. The van der Waals surface area contributed by atoms with Gasteiger partial charge in [0, 0.05) is 18.9 Å². The SMILES string of the molecule is CCO[C@@H]1C(CCS(=O)(=O)CP(=O)(O)O)O[C@@H](n2ccc(=O)[nH]c2=O)[C@@H]1F. The van der Waals surface area contributed by atoms with Gasteiger partial charge in [0.1, 0.15) is 6.10 Å². The topological polar surface area (TPSA) is 165 Å². The highest BCUT2D eigenvalue weighted by Crippen LogP contribution is 2.38. The normalized spacial score (nSPS) is 26.4. The molecular formula is C13H20FN2O9PS. The first-order valence-electron chi connectivity index (χ1n) is 7.91. The molecule has 1 aliphatic heterocycles. The molecule has 0 saturated carbocycles. The second kappa shape index (κ2) is 8.33. The Labute approximate surface area is 153 Å². The molecule has 0 radical (unpaired) electrons.